The van der Waals surface area contributed by atoms with Gasteiger partial charge in [-0.15, -0.1) is 0 Å². The molecule has 1 aromatic carbocycles. The van der Waals surface area contributed by atoms with E-state index in [4.69, 9.17) is 4.74 Å². The number of ether oxygens (including phenoxy) is 1. The highest BCUT2D eigenvalue weighted by Gasteiger charge is 2.31. The molecule has 0 heterocycles. The molecule has 4 heteroatoms. The van der Waals surface area contributed by atoms with Gasteiger partial charge in [0, 0.05) is 5.56 Å². The molecule has 0 radical (unpaired) electrons. The first-order chi connectivity index (χ1) is 10.2. The van der Waals surface area contributed by atoms with E-state index in [1.165, 1.54) is 5.56 Å². The van der Waals surface area contributed by atoms with Gasteiger partial charge in [0.2, 0.25) is 0 Å². The van der Waals surface area contributed by atoms with Gasteiger partial charge in [0.05, 0.1) is 9.89 Å². The fourth-order valence-corrected chi connectivity index (χ4v) is 2.62. The van der Waals surface area contributed by atoms with E-state index >= 15 is 0 Å². The number of rotatable bonds is 4. The van der Waals surface area contributed by atoms with Gasteiger partial charge in [-0.1, -0.05) is 47.6 Å². The number of aliphatic carboxylic acids is 1. The summed E-state index contributed by atoms with van der Waals surface area (Å²) in [6.07, 6.45) is 0. The molecule has 0 bridgehead atoms. The van der Waals surface area contributed by atoms with Crippen LogP contribution in [0.25, 0.3) is 0 Å². The molecule has 0 atom stereocenters. The Bertz CT molecular complexity index is 590. The summed E-state index contributed by atoms with van der Waals surface area (Å²) in [6.45, 7) is 16.4. The normalized spacial score (nSPS) is 13.1. The lowest BCUT2D eigenvalue weighted by atomic mass is 9.80. The lowest BCUT2D eigenvalue weighted by Crippen LogP contribution is -2.31. The van der Waals surface area contributed by atoms with E-state index in [0.29, 0.717) is 0 Å². The molecule has 1 rings (SSSR count). The standard InChI is InChI=1S/C19H29BrO3/c1-17(2,3)12-9-13(18(4,5)6)15(14(20)10-12)23-11-19(7,8)16(21)22/h9-10H,11H2,1-8H3,(H,21,22). The van der Waals surface area contributed by atoms with E-state index in [1.807, 2.05) is 0 Å². The van der Waals surface area contributed by atoms with Gasteiger partial charge in [-0.2, -0.15) is 0 Å². The van der Waals surface area contributed by atoms with Crippen LogP contribution in [0.2, 0.25) is 0 Å². The fourth-order valence-electron chi connectivity index (χ4n) is 2.04. The number of carboxylic acids is 1. The van der Waals surface area contributed by atoms with Gasteiger partial charge >= 0.3 is 5.97 Å². The van der Waals surface area contributed by atoms with Gasteiger partial charge in [-0.05, 0) is 52.2 Å². The number of hydrogen-bond donors (Lipinski definition) is 1. The summed E-state index contributed by atoms with van der Waals surface area (Å²) in [5, 5.41) is 9.28. The summed E-state index contributed by atoms with van der Waals surface area (Å²) in [4.78, 5) is 11.3. The van der Waals surface area contributed by atoms with Gasteiger partial charge in [-0.3, -0.25) is 4.79 Å². The van der Waals surface area contributed by atoms with Crippen molar-refractivity contribution in [3.8, 4) is 5.75 Å². The predicted molar refractivity (Wildman–Crippen MR) is 98.5 cm³/mol. The van der Waals surface area contributed by atoms with Crippen molar-refractivity contribution in [2.75, 3.05) is 6.61 Å². The van der Waals surface area contributed by atoms with Crippen LogP contribution in [0.5, 0.6) is 5.75 Å². The molecular weight excluding hydrogens is 356 g/mol. The van der Waals surface area contributed by atoms with Crippen molar-refractivity contribution >= 4 is 21.9 Å². The van der Waals surface area contributed by atoms with E-state index < -0.39 is 11.4 Å². The van der Waals surface area contributed by atoms with Crippen molar-refractivity contribution < 1.29 is 14.6 Å². The highest BCUT2D eigenvalue weighted by molar-refractivity contribution is 9.10. The van der Waals surface area contributed by atoms with Crippen molar-refractivity contribution in [2.24, 2.45) is 5.41 Å². The van der Waals surface area contributed by atoms with Crippen molar-refractivity contribution in [2.45, 2.75) is 66.2 Å². The van der Waals surface area contributed by atoms with Crippen molar-refractivity contribution in [1.29, 1.82) is 0 Å². The minimum Gasteiger partial charge on any atom is -0.491 e. The second-order valence-electron chi connectivity index (χ2n) is 8.81. The summed E-state index contributed by atoms with van der Waals surface area (Å²) < 4.78 is 6.83. The second kappa shape index (κ2) is 6.46. The van der Waals surface area contributed by atoms with Crippen LogP contribution in [0, 0.1) is 5.41 Å². The van der Waals surface area contributed by atoms with Crippen LogP contribution in [0.15, 0.2) is 16.6 Å². The van der Waals surface area contributed by atoms with Gasteiger partial charge < -0.3 is 9.84 Å². The Morgan fingerprint density at radius 1 is 1.04 bits per heavy atom. The highest BCUT2D eigenvalue weighted by atomic mass is 79.9. The average Bonchev–Trinajstić information content (AvgIpc) is 2.33. The average molecular weight is 385 g/mol. The SMILES string of the molecule is CC(C)(COc1c(Br)cc(C(C)(C)C)cc1C(C)(C)C)C(=O)O. The minimum atomic E-state index is -0.933. The zero-order valence-corrected chi connectivity index (χ0v) is 17.1. The molecule has 130 valence electrons. The molecule has 3 nitrogen and oxygen atoms in total. The topological polar surface area (TPSA) is 46.5 Å². The van der Waals surface area contributed by atoms with Crippen molar-refractivity contribution in [3.05, 3.63) is 27.7 Å². The van der Waals surface area contributed by atoms with Crippen LogP contribution in [0.4, 0.5) is 0 Å². The van der Waals surface area contributed by atoms with Crippen LogP contribution in [0.1, 0.15) is 66.5 Å². The molecule has 0 amide bonds. The smallest absolute Gasteiger partial charge is 0.312 e. The molecule has 0 aromatic heterocycles. The molecule has 23 heavy (non-hydrogen) atoms. The van der Waals surface area contributed by atoms with E-state index in [-0.39, 0.29) is 17.4 Å². The summed E-state index contributed by atoms with van der Waals surface area (Å²) in [7, 11) is 0. The van der Waals surface area contributed by atoms with Crippen LogP contribution >= 0.6 is 15.9 Å². The Kier molecular flexibility index (Phi) is 5.62. The summed E-state index contributed by atoms with van der Waals surface area (Å²) in [6, 6.07) is 4.24. The van der Waals surface area contributed by atoms with Crippen molar-refractivity contribution in [3.63, 3.8) is 0 Å². The Labute approximate surface area is 148 Å². The Morgan fingerprint density at radius 2 is 1.57 bits per heavy atom. The van der Waals surface area contributed by atoms with E-state index in [0.717, 1.165) is 15.8 Å². The van der Waals surface area contributed by atoms with Gasteiger partial charge in [0.25, 0.3) is 0 Å². The molecule has 0 unspecified atom stereocenters. The lowest BCUT2D eigenvalue weighted by molar-refractivity contribution is -0.148. The Hall–Kier alpha value is -1.03. The fraction of sp³-hybridized carbons (Fsp3) is 0.632. The molecule has 0 saturated heterocycles. The minimum absolute atomic E-state index is 0.0292. The second-order valence-corrected chi connectivity index (χ2v) is 9.67. The van der Waals surface area contributed by atoms with Crippen molar-refractivity contribution in [1.82, 2.24) is 0 Å². The molecule has 0 aliphatic carbocycles. The van der Waals surface area contributed by atoms with Gasteiger partial charge in [0.1, 0.15) is 12.4 Å². The molecule has 1 aromatic rings. The van der Waals surface area contributed by atoms with E-state index in [1.54, 1.807) is 13.8 Å². The predicted octanol–water partition coefficient (Wildman–Crippen LogP) is 5.53. The van der Waals surface area contributed by atoms with Crippen LogP contribution in [-0.2, 0) is 15.6 Å². The largest absolute Gasteiger partial charge is 0.491 e. The van der Waals surface area contributed by atoms with Gasteiger partial charge in [0.15, 0.2) is 0 Å². The lowest BCUT2D eigenvalue weighted by Gasteiger charge is -2.29. The third-order valence-electron chi connectivity index (χ3n) is 3.87. The molecule has 0 aliphatic heterocycles. The molecule has 1 N–H and O–H groups in total. The Balaban J connectivity index is 3.34. The third-order valence-corrected chi connectivity index (χ3v) is 4.46. The number of carboxylic acid groups (broad SMARTS) is 1. The highest BCUT2D eigenvalue weighted by Crippen LogP contribution is 2.41. The molecule has 0 spiro atoms. The quantitative estimate of drug-likeness (QED) is 0.741. The summed E-state index contributed by atoms with van der Waals surface area (Å²) in [5.74, 6) is -0.128. The van der Waals surface area contributed by atoms with Crippen LogP contribution in [-0.4, -0.2) is 17.7 Å². The van der Waals surface area contributed by atoms with Crippen LogP contribution < -0.4 is 4.74 Å². The first kappa shape index (κ1) is 20.0. The van der Waals surface area contributed by atoms with Crippen LogP contribution in [0.3, 0.4) is 0 Å². The maximum absolute atomic E-state index is 11.3. The van der Waals surface area contributed by atoms with E-state index in [2.05, 4.69) is 69.6 Å². The monoisotopic (exact) mass is 384 g/mol. The third kappa shape index (κ3) is 4.97. The summed E-state index contributed by atoms with van der Waals surface area (Å²) >= 11 is 3.62. The molecule has 0 aliphatic rings. The Morgan fingerprint density at radius 3 is 1.96 bits per heavy atom. The number of halogens is 1. The first-order valence-electron chi connectivity index (χ1n) is 7.87. The summed E-state index contributed by atoms with van der Waals surface area (Å²) in [5.41, 5.74) is 1.29. The zero-order valence-electron chi connectivity index (χ0n) is 15.5. The van der Waals surface area contributed by atoms with Gasteiger partial charge in [-0.25, -0.2) is 0 Å². The number of benzene rings is 1. The molecule has 0 saturated carbocycles. The molecule has 0 fully saturated rings. The zero-order chi connectivity index (χ0) is 18.2. The maximum atomic E-state index is 11.3. The maximum Gasteiger partial charge on any atom is 0.312 e. The first-order valence-corrected chi connectivity index (χ1v) is 8.66. The number of carbonyl (C=O) groups is 1. The number of hydrogen-bond acceptors (Lipinski definition) is 2. The van der Waals surface area contributed by atoms with E-state index in [9.17, 15) is 9.90 Å². The molecular formula is C19H29BrO3.